The van der Waals surface area contributed by atoms with Gasteiger partial charge in [-0.3, -0.25) is 9.63 Å². The topological polar surface area (TPSA) is 85.9 Å². The Labute approximate surface area is 254 Å². The second kappa shape index (κ2) is 14.5. The molecular weight excluding hydrogens is 540 g/mol. The lowest BCUT2D eigenvalue weighted by atomic mass is 9.80. The summed E-state index contributed by atoms with van der Waals surface area (Å²) in [5.41, 5.74) is 4.12. The highest BCUT2D eigenvalue weighted by atomic mass is 16.7. The molecule has 0 radical (unpaired) electrons. The molecule has 4 rings (SSSR count). The summed E-state index contributed by atoms with van der Waals surface area (Å²) in [5.74, 6) is 0.220. The maximum Gasteiger partial charge on any atom is 0.408 e. The zero-order valence-electron chi connectivity index (χ0n) is 25.2. The monoisotopic (exact) mass is 580 g/mol. The van der Waals surface area contributed by atoms with Crippen molar-refractivity contribution in [3.63, 3.8) is 0 Å². The van der Waals surface area contributed by atoms with Gasteiger partial charge in [0.05, 0.1) is 6.61 Å². The van der Waals surface area contributed by atoms with Crippen molar-refractivity contribution < 1.29 is 23.9 Å². The van der Waals surface area contributed by atoms with Crippen LogP contribution in [-0.4, -0.2) is 30.3 Å². The highest BCUT2D eigenvalue weighted by Crippen LogP contribution is 2.39. The molecule has 1 unspecified atom stereocenters. The van der Waals surface area contributed by atoms with Gasteiger partial charge in [-0.2, -0.15) is 0 Å². The van der Waals surface area contributed by atoms with E-state index in [-0.39, 0.29) is 6.42 Å². The third-order valence-electron chi connectivity index (χ3n) is 6.69. The number of hydrogen-bond acceptors (Lipinski definition) is 5. The third-order valence-corrected chi connectivity index (χ3v) is 6.69. The summed E-state index contributed by atoms with van der Waals surface area (Å²) >= 11 is 0. The molecule has 0 fully saturated rings. The van der Waals surface area contributed by atoms with E-state index in [1.807, 2.05) is 122 Å². The van der Waals surface area contributed by atoms with Crippen molar-refractivity contribution in [2.24, 2.45) is 0 Å². The molecule has 0 aliphatic heterocycles. The average molecular weight is 581 g/mol. The smallest absolute Gasteiger partial charge is 0.408 e. The molecule has 0 saturated carbocycles. The largest absolute Gasteiger partial charge is 0.494 e. The molecule has 2 N–H and O–H groups in total. The van der Waals surface area contributed by atoms with Crippen LogP contribution in [0.25, 0.3) is 0 Å². The van der Waals surface area contributed by atoms with Gasteiger partial charge in [-0.25, -0.2) is 10.3 Å². The number of nitrogens with one attached hydrogen (secondary N) is 2. The van der Waals surface area contributed by atoms with Crippen LogP contribution in [0.1, 0.15) is 56.4 Å². The van der Waals surface area contributed by atoms with Crippen LogP contribution in [0.4, 0.5) is 4.79 Å². The van der Waals surface area contributed by atoms with E-state index in [9.17, 15) is 9.59 Å². The average Bonchev–Trinajstić information content (AvgIpc) is 3.01. The Kier molecular flexibility index (Phi) is 10.6. The summed E-state index contributed by atoms with van der Waals surface area (Å²) in [5, 5.41) is 2.74. The molecule has 0 bridgehead atoms. The number of carbonyl (C=O) groups excluding carboxylic acids is 2. The van der Waals surface area contributed by atoms with Crippen LogP contribution < -0.4 is 15.5 Å². The van der Waals surface area contributed by atoms with Crippen LogP contribution >= 0.6 is 0 Å². The van der Waals surface area contributed by atoms with Crippen molar-refractivity contribution in [2.45, 2.75) is 57.8 Å². The standard InChI is InChI=1S/C36H40N2O5/c1-5-25-41-31-23-21-27(22-24-31)26-32(37-34(40)42-35(2,3)4)33(39)38-43-36(28-15-9-6-10-16-28,29-17-11-7-12-18-29)30-19-13-8-14-20-30/h6-24,32H,5,25-26H2,1-4H3,(H,37,40)(H,38,39). The quantitative estimate of drug-likeness (QED) is 0.140. The first kappa shape index (κ1) is 31.3. The number of amides is 2. The maximum absolute atomic E-state index is 13.9. The fourth-order valence-electron chi connectivity index (χ4n) is 4.73. The van der Waals surface area contributed by atoms with E-state index in [1.165, 1.54) is 0 Å². The third kappa shape index (κ3) is 8.46. The van der Waals surface area contributed by atoms with Gasteiger partial charge in [0.25, 0.3) is 5.91 Å². The lowest BCUT2D eigenvalue weighted by Crippen LogP contribution is -2.51. The summed E-state index contributed by atoms with van der Waals surface area (Å²) in [4.78, 5) is 33.2. The van der Waals surface area contributed by atoms with Gasteiger partial charge in [0, 0.05) is 6.42 Å². The van der Waals surface area contributed by atoms with E-state index in [1.54, 1.807) is 20.8 Å². The molecule has 0 saturated heterocycles. The van der Waals surface area contributed by atoms with Crippen LogP contribution in [0.2, 0.25) is 0 Å². The Bertz CT molecular complexity index is 1340. The second-order valence-electron chi connectivity index (χ2n) is 11.2. The molecule has 4 aromatic rings. The van der Waals surface area contributed by atoms with E-state index in [0.717, 1.165) is 34.4 Å². The molecule has 7 nitrogen and oxygen atoms in total. The predicted octanol–water partition coefficient (Wildman–Crippen LogP) is 6.95. The van der Waals surface area contributed by atoms with E-state index >= 15 is 0 Å². The zero-order chi connectivity index (χ0) is 30.7. The van der Waals surface area contributed by atoms with Gasteiger partial charge < -0.3 is 14.8 Å². The Morgan fingerprint density at radius 2 is 1.21 bits per heavy atom. The van der Waals surface area contributed by atoms with Crippen molar-refractivity contribution >= 4 is 12.0 Å². The summed E-state index contributed by atoms with van der Waals surface area (Å²) in [7, 11) is 0. The van der Waals surface area contributed by atoms with Crippen molar-refractivity contribution in [3.8, 4) is 5.75 Å². The Morgan fingerprint density at radius 1 is 0.721 bits per heavy atom. The minimum Gasteiger partial charge on any atom is -0.494 e. The van der Waals surface area contributed by atoms with Gasteiger partial charge in [-0.05, 0) is 61.6 Å². The summed E-state index contributed by atoms with van der Waals surface area (Å²) in [6, 6.07) is 35.7. The molecular formula is C36H40N2O5. The fourth-order valence-corrected chi connectivity index (χ4v) is 4.73. The normalized spacial score (nSPS) is 12.2. The Hall–Kier alpha value is -4.62. The molecule has 0 spiro atoms. The van der Waals surface area contributed by atoms with E-state index < -0.39 is 29.2 Å². The number of ether oxygens (including phenoxy) is 2. The van der Waals surface area contributed by atoms with Crippen LogP contribution in [0.5, 0.6) is 5.75 Å². The Balaban J connectivity index is 1.66. The SMILES string of the molecule is CCCOc1ccc(CC(NC(=O)OC(C)(C)C)C(=O)NOC(c2ccccc2)(c2ccccc2)c2ccccc2)cc1. The Morgan fingerprint density at radius 3 is 1.65 bits per heavy atom. The van der Waals surface area contributed by atoms with Crippen LogP contribution in [0, 0.1) is 0 Å². The van der Waals surface area contributed by atoms with Gasteiger partial charge in [0.15, 0.2) is 5.60 Å². The number of benzene rings is 4. The van der Waals surface area contributed by atoms with Crippen molar-refractivity contribution in [1.29, 1.82) is 0 Å². The van der Waals surface area contributed by atoms with E-state index in [4.69, 9.17) is 14.3 Å². The minimum atomic E-state index is -1.17. The molecule has 43 heavy (non-hydrogen) atoms. The molecule has 1 atom stereocenters. The number of alkyl carbamates (subject to hydrolysis) is 1. The highest BCUT2D eigenvalue weighted by molar-refractivity contribution is 5.85. The number of hydrogen-bond donors (Lipinski definition) is 2. The molecule has 2 amide bonds. The number of rotatable bonds is 12. The predicted molar refractivity (Wildman–Crippen MR) is 168 cm³/mol. The molecule has 7 heteroatoms. The van der Waals surface area contributed by atoms with Gasteiger partial charge >= 0.3 is 6.09 Å². The number of carbonyl (C=O) groups is 2. The summed E-state index contributed by atoms with van der Waals surface area (Å²) < 4.78 is 11.2. The first-order valence-electron chi connectivity index (χ1n) is 14.6. The first-order valence-corrected chi connectivity index (χ1v) is 14.6. The summed E-state index contributed by atoms with van der Waals surface area (Å²) in [6.07, 6.45) is 0.411. The maximum atomic E-state index is 13.9. The molecule has 0 aliphatic rings. The molecule has 4 aromatic carbocycles. The minimum absolute atomic E-state index is 0.206. The van der Waals surface area contributed by atoms with Gasteiger partial charge in [0.2, 0.25) is 0 Å². The van der Waals surface area contributed by atoms with Gasteiger partial charge in [-0.15, -0.1) is 0 Å². The molecule has 0 aromatic heterocycles. The second-order valence-corrected chi connectivity index (χ2v) is 11.2. The van der Waals surface area contributed by atoms with Crippen LogP contribution in [0.3, 0.4) is 0 Å². The van der Waals surface area contributed by atoms with Crippen molar-refractivity contribution in [3.05, 3.63) is 138 Å². The fraction of sp³-hybridized carbons (Fsp3) is 0.278. The lowest BCUT2D eigenvalue weighted by molar-refractivity contribution is -0.145. The molecule has 0 heterocycles. The van der Waals surface area contributed by atoms with Crippen molar-refractivity contribution in [1.82, 2.24) is 10.8 Å². The van der Waals surface area contributed by atoms with Crippen LogP contribution in [-0.2, 0) is 26.4 Å². The van der Waals surface area contributed by atoms with E-state index in [2.05, 4.69) is 10.8 Å². The van der Waals surface area contributed by atoms with E-state index in [0.29, 0.717) is 6.61 Å². The molecule has 0 aliphatic carbocycles. The van der Waals surface area contributed by atoms with Gasteiger partial charge in [0.1, 0.15) is 17.4 Å². The highest BCUT2D eigenvalue weighted by Gasteiger charge is 2.39. The van der Waals surface area contributed by atoms with Gasteiger partial charge in [-0.1, -0.05) is 110 Å². The van der Waals surface area contributed by atoms with Crippen LogP contribution in [0.15, 0.2) is 115 Å². The molecule has 224 valence electrons. The lowest BCUT2D eigenvalue weighted by Gasteiger charge is -2.35. The van der Waals surface area contributed by atoms with Crippen molar-refractivity contribution in [2.75, 3.05) is 6.61 Å². The first-order chi connectivity index (χ1) is 20.7. The summed E-state index contributed by atoms with van der Waals surface area (Å²) in [6.45, 7) is 7.98. The zero-order valence-corrected chi connectivity index (χ0v) is 25.2. The number of hydroxylamine groups is 1.